The minimum atomic E-state index is -1.08. The van der Waals surface area contributed by atoms with Gasteiger partial charge in [-0.15, -0.1) is 0 Å². The van der Waals surface area contributed by atoms with Crippen LogP contribution in [0.5, 0.6) is 0 Å². The number of carboxylic acids is 1. The second-order valence-electron chi connectivity index (χ2n) is 5.19. The Morgan fingerprint density at radius 1 is 1.40 bits per heavy atom. The third kappa shape index (κ3) is 3.19. The Balaban J connectivity index is 1.94. The summed E-state index contributed by atoms with van der Waals surface area (Å²) in [6, 6.07) is 2.93. The number of rotatable bonds is 5. The fourth-order valence-corrected chi connectivity index (χ4v) is 2.33. The molecule has 0 bridgehead atoms. The van der Waals surface area contributed by atoms with Crippen molar-refractivity contribution in [1.82, 2.24) is 9.80 Å². The van der Waals surface area contributed by atoms with Crippen molar-refractivity contribution in [1.29, 1.82) is 0 Å². The first-order chi connectivity index (χ1) is 9.49. The minimum absolute atomic E-state index is 0.0777. The largest absolute Gasteiger partial charge is 0.475 e. The molecule has 1 aliphatic rings. The Bertz CT molecular complexity index is 491. The molecule has 1 atom stereocenters. The third-order valence-electron chi connectivity index (χ3n) is 3.75. The highest BCUT2D eigenvalue weighted by Crippen LogP contribution is 2.21. The fourth-order valence-electron chi connectivity index (χ4n) is 2.33. The van der Waals surface area contributed by atoms with Crippen LogP contribution in [0.2, 0.25) is 0 Å². The van der Waals surface area contributed by atoms with Crippen molar-refractivity contribution in [3.8, 4) is 0 Å². The summed E-state index contributed by atoms with van der Waals surface area (Å²) in [5.74, 6) is -0.494. The van der Waals surface area contributed by atoms with Gasteiger partial charge in [0.1, 0.15) is 5.76 Å². The van der Waals surface area contributed by atoms with E-state index < -0.39 is 5.97 Å². The Labute approximate surface area is 118 Å². The van der Waals surface area contributed by atoms with E-state index >= 15 is 0 Å². The van der Waals surface area contributed by atoms with E-state index in [2.05, 4.69) is 0 Å². The van der Waals surface area contributed by atoms with Crippen molar-refractivity contribution >= 4 is 11.9 Å². The Kier molecular flexibility index (Phi) is 4.44. The van der Waals surface area contributed by atoms with Crippen LogP contribution < -0.4 is 0 Å². The molecule has 6 heteroatoms. The normalized spacial score (nSPS) is 16.6. The maximum atomic E-state index is 12.1. The maximum absolute atomic E-state index is 12.1. The van der Waals surface area contributed by atoms with Crippen molar-refractivity contribution in [2.24, 2.45) is 0 Å². The number of carbonyl (C=O) groups excluding carboxylic acids is 1. The number of aromatic carboxylic acids is 1. The van der Waals surface area contributed by atoms with Gasteiger partial charge in [0, 0.05) is 13.1 Å². The summed E-state index contributed by atoms with van der Waals surface area (Å²) in [4.78, 5) is 26.6. The zero-order valence-electron chi connectivity index (χ0n) is 11.8. The Morgan fingerprint density at radius 2 is 2.05 bits per heavy atom. The molecule has 110 valence electrons. The number of hydrogen-bond donors (Lipinski definition) is 1. The van der Waals surface area contributed by atoms with Crippen LogP contribution in [-0.4, -0.2) is 53.5 Å². The highest BCUT2D eigenvalue weighted by Gasteiger charge is 2.23. The van der Waals surface area contributed by atoms with Gasteiger partial charge >= 0.3 is 5.97 Å². The second-order valence-corrected chi connectivity index (χ2v) is 5.19. The number of nitrogens with zero attached hydrogens (tertiary/aromatic N) is 2. The summed E-state index contributed by atoms with van der Waals surface area (Å²) in [5, 5.41) is 8.84. The molecule has 6 nitrogen and oxygen atoms in total. The number of likely N-dealkylation sites (N-methyl/N-ethyl adjacent to an activating group) is 1. The van der Waals surface area contributed by atoms with Crippen molar-refractivity contribution in [3.63, 3.8) is 0 Å². The average molecular weight is 280 g/mol. The molecular formula is C14H20N2O4. The summed E-state index contributed by atoms with van der Waals surface area (Å²) < 4.78 is 5.27. The summed E-state index contributed by atoms with van der Waals surface area (Å²) in [7, 11) is 1.83. The van der Waals surface area contributed by atoms with Crippen LogP contribution in [0.1, 0.15) is 42.1 Å². The van der Waals surface area contributed by atoms with Crippen LogP contribution in [0.15, 0.2) is 16.5 Å². The number of likely N-dealkylation sites (tertiary alicyclic amines) is 1. The molecule has 1 unspecified atom stereocenters. The Morgan fingerprint density at radius 3 is 2.60 bits per heavy atom. The van der Waals surface area contributed by atoms with Gasteiger partial charge in [0.05, 0.1) is 12.6 Å². The first-order valence-electron chi connectivity index (χ1n) is 6.80. The molecule has 1 aromatic heterocycles. The molecule has 0 aromatic carbocycles. The van der Waals surface area contributed by atoms with Gasteiger partial charge in [-0.2, -0.15) is 0 Å². The van der Waals surface area contributed by atoms with Gasteiger partial charge in [0.25, 0.3) is 0 Å². The molecule has 1 aromatic rings. The van der Waals surface area contributed by atoms with Gasteiger partial charge in [0.15, 0.2) is 0 Å². The van der Waals surface area contributed by atoms with Crippen LogP contribution in [0.3, 0.4) is 0 Å². The molecule has 0 saturated carbocycles. The average Bonchev–Trinajstić information content (AvgIpc) is 3.08. The Hall–Kier alpha value is -1.82. The number of amides is 1. The van der Waals surface area contributed by atoms with E-state index in [0.717, 1.165) is 25.9 Å². The molecule has 1 amide bonds. The monoisotopic (exact) mass is 280 g/mol. The first-order valence-corrected chi connectivity index (χ1v) is 6.80. The van der Waals surface area contributed by atoms with Gasteiger partial charge in [-0.1, -0.05) is 0 Å². The quantitative estimate of drug-likeness (QED) is 0.886. The molecule has 0 spiro atoms. The zero-order chi connectivity index (χ0) is 14.7. The van der Waals surface area contributed by atoms with Gasteiger partial charge in [-0.25, -0.2) is 4.79 Å². The van der Waals surface area contributed by atoms with Crippen molar-refractivity contribution in [3.05, 3.63) is 23.7 Å². The van der Waals surface area contributed by atoms with Crippen LogP contribution in [0.25, 0.3) is 0 Å². The van der Waals surface area contributed by atoms with E-state index in [9.17, 15) is 9.59 Å². The molecule has 1 saturated heterocycles. The summed E-state index contributed by atoms with van der Waals surface area (Å²) in [5.41, 5.74) is 0. The van der Waals surface area contributed by atoms with E-state index in [-0.39, 0.29) is 17.7 Å². The molecule has 0 aliphatic carbocycles. The predicted molar refractivity (Wildman–Crippen MR) is 72.5 cm³/mol. The number of hydrogen-bond acceptors (Lipinski definition) is 4. The van der Waals surface area contributed by atoms with Gasteiger partial charge in [-0.3, -0.25) is 9.69 Å². The van der Waals surface area contributed by atoms with Crippen LogP contribution in [0.4, 0.5) is 0 Å². The lowest BCUT2D eigenvalue weighted by atomic mass is 10.2. The lowest BCUT2D eigenvalue weighted by Gasteiger charge is -2.25. The van der Waals surface area contributed by atoms with Crippen molar-refractivity contribution in [2.45, 2.75) is 25.8 Å². The molecule has 1 N–H and O–H groups in total. The van der Waals surface area contributed by atoms with E-state index in [0.29, 0.717) is 12.3 Å². The lowest BCUT2D eigenvalue weighted by molar-refractivity contribution is -0.131. The molecule has 1 aliphatic heterocycles. The van der Waals surface area contributed by atoms with Crippen LogP contribution in [0, 0.1) is 0 Å². The molecule has 2 rings (SSSR count). The predicted octanol–water partition coefficient (Wildman–Crippen LogP) is 1.59. The number of carboxylic acid groups (broad SMARTS) is 1. The van der Waals surface area contributed by atoms with Gasteiger partial charge in [0.2, 0.25) is 11.7 Å². The smallest absolute Gasteiger partial charge is 0.371 e. The molecule has 20 heavy (non-hydrogen) atoms. The lowest BCUT2D eigenvalue weighted by Crippen LogP contribution is -2.38. The van der Waals surface area contributed by atoms with Gasteiger partial charge < -0.3 is 14.4 Å². The standard InChI is InChI=1S/C14H20N2O4/c1-10(11-5-6-12(20-11)14(18)19)15(2)9-13(17)16-7-3-4-8-16/h5-6,10H,3-4,7-9H2,1-2H3,(H,18,19). The van der Waals surface area contributed by atoms with Crippen LogP contribution in [-0.2, 0) is 4.79 Å². The van der Waals surface area contributed by atoms with Gasteiger partial charge in [-0.05, 0) is 38.9 Å². The van der Waals surface area contributed by atoms with E-state index in [1.54, 1.807) is 6.07 Å². The highest BCUT2D eigenvalue weighted by atomic mass is 16.4. The minimum Gasteiger partial charge on any atom is -0.475 e. The third-order valence-corrected chi connectivity index (χ3v) is 3.75. The highest BCUT2D eigenvalue weighted by molar-refractivity contribution is 5.84. The van der Waals surface area contributed by atoms with E-state index in [1.807, 2.05) is 23.8 Å². The molecular weight excluding hydrogens is 260 g/mol. The van der Waals surface area contributed by atoms with Crippen molar-refractivity contribution < 1.29 is 19.1 Å². The summed E-state index contributed by atoms with van der Waals surface area (Å²) in [6.45, 7) is 3.88. The summed E-state index contributed by atoms with van der Waals surface area (Å²) in [6.07, 6.45) is 2.15. The molecule has 1 fully saturated rings. The summed E-state index contributed by atoms with van der Waals surface area (Å²) >= 11 is 0. The second kappa shape index (κ2) is 6.09. The molecule has 2 heterocycles. The molecule has 0 radical (unpaired) electrons. The van der Waals surface area contributed by atoms with Crippen molar-refractivity contribution in [2.75, 3.05) is 26.7 Å². The number of furan rings is 1. The zero-order valence-corrected chi connectivity index (χ0v) is 11.8. The fraction of sp³-hybridized carbons (Fsp3) is 0.571. The number of carbonyl (C=O) groups is 2. The topological polar surface area (TPSA) is 74.0 Å². The SMILES string of the molecule is CC(c1ccc(C(=O)O)o1)N(C)CC(=O)N1CCCC1. The first kappa shape index (κ1) is 14.6. The van der Waals surface area contributed by atoms with E-state index in [1.165, 1.54) is 6.07 Å². The van der Waals surface area contributed by atoms with E-state index in [4.69, 9.17) is 9.52 Å². The van der Waals surface area contributed by atoms with Crippen LogP contribution >= 0.6 is 0 Å². The maximum Gasteiger partial charge on any atom is 0.371 e.